The summed E-state index contributed by atoms with van der Waals surface area (Å²) in [6.07, 6.45) is 5.07. The number of benzene rings is 1. The molecule has 0 radical (unpaired) electrons. The third-order valence-corrected chi connectivity index (χ3v) is 5.58. The number of nitrogens with one attached hydrogen (secondary N) is 1. The first-order chi connectivity index (χ1) is 12.0. The molecule has 4 nitrogen and oxygen atoms in total. The number of thioether (sulfide) groups is 1. The van der Waals surface area contributed by atoms with Gasteiger partial charge >= 0.3 is 0 Å². The number of hydrogen-bond donors (Lipinski definition) is 1. The Hall–Kier alpha value is -1.75. The Bertz CT molecular complexity index is 734. The SMILES string of the molecule is CC(C)Sc1ccc(CC(=O)NCc2nn(C)c3c2CCCC3)cc1. The van der Waals surface area contributed by atoms with Gasteiger partial charge in [-0.15, -0.1) is 11.8 Å². The molecular weight excluding hydrogens is 330 g/mol. The quantitative estimate of drug-likeness (QED) is 0.803. The first kappa shape index (κ1) is 18.1. The average Bonchev–Trinajstić information content (AvgIpc) is 2.91. The summed E-state index contributed by atoms with van der Waals surface area (Å²) in [6.45, 7) is 4.90. The predicted molar refractivity (Wildman–Crippen MR) is 103 cm³/mol. The molecule has 1 aromatic heterocycles. The Morgan fingerprint density at radius 3 is 2.68 bits per heavy atom. The summed E-state index contributed by atoms with van der Waals surface area (Å²) in [5.41, 5.74) is 4.78. The number of nitrogens with zero attached hydrogens (tertiary/aromatic N) is 2. The van der Waals surface area contributed by atoms with Crippen molar-refractivity contribution in [3.63, 3.8) is 0 Å². The Morgan fingerprint density at radius 1 is 1.24 bits per heavy atom. The molecule has 2 aromatic rings. The summed E-state index contributed by atoms with van der Waals surface area (Å²) in [5, 5.41) is 8.22. The van der Waals surface area contributed by atoms with Crippen LogP contribution in [0.2, 0.25) is 0 Å². The van der Waals surface area contributed by atoms with Crippen LogP contribution in [0.1, 0.15) is 49.2 Å². The summed E-state index contributed by atoms with van der Waals surface area (Å²) < 4.78 is 1.99. The van der Waals surface area contributed by atoms with Crippen LogP contribution in [0.15, 0.2) is 29.2 Å². The van der Waals surface area contributed by atoms with Crippen molar-refractivity contribution in [2.24, 2.45) is 7.05 Å². The normalized spacial score (nSPS) is 13.8. The molecule has 3 rings (SSSR count). The maximum absolute atomic E-state index is 12.3. The minimum absolute atomic E-state index is 0.0551. The smallest absolute Gasteiger partial charge is 0.224 e. The molecule has 0 saturated heterocycles. The van der Waals surface area contributed by atoms with E-state index in [9.17, 15) is 4.79 Å². The fraction of sp³-hybridized carbons (Fsp3) is 0.500. The van der Waals surface area contributed by atoms with E-state index in [1.165, 1.54) is 29.0 Å². The number of rotatable bonds is 6. The maximum Gasteiger partial charge on any atom is 0.224 e. The Morgan fingerprint density at radius 2 is 1.96 bits per heavy atom. The molecule has 0 aliphatic heterocycles. The van der Waals surface area contributed by atoms with Crippen molar-refractivity contribution in [2.45, 2.75) is 62.6 Å². The summed E-state index contributed by atoms with van der Waals surface area (Å²) >= 11 is 1.84. The summed E-state index contributed by atoms with van der Waals surface area (Å²) in [6, 6.07) is 8.30. The Kier molecular flexibility index (Phi) is 5.84. The van der Waals surface area contributed by atoms with Crippen LogP contribution in [0.25, 0.3) is 0 Å². The zero-order valence-electron chi connectivity index (χ0n) is 15.3. The minimum Gasteiger partial charge on any atom is -0.350 e. The molecule has 0 bridgehead atoms. The first-order valence-corrected chi connectivity index (χ1v) is 9.97. The van der Waals surface area contributed by atoms with Crippen LogP contribution in [0.4, 0.5) is 0 Å². The Labute approximate surface area is 154 Å². The second-order valence-electron chi connectivity index (χ2n) is 6.97. The lowest BCUT2D eigenvalue weighted by Crippen LogP contribution is -2.25. The van der Waals surface area contributed by atoms with Crippen LogP contribution in [0, 0.1) is 0 Å². The molecule has 1 amide bonds. The van der Waals surface area contributed by atoms with E-state index in [-0.39, 0.29) is 5.91 Å². The molecule has 1 aliphatic rings. The van der Waals surface area contributed by atoms with E-state index in [2.05, 4.69) is 36.4 Å². The van der Waals surface area contributed by atoms with Gasteiger partial charge in [0.15, 0.2) is 0 Å². The third-order valence-electron chi connectivity index (χ3n) is 4.56. The van der Waals surface area contributed by atoms with Gasteiger partial charge in [0.1, 0.15) is 0 Å². The molecule has 0 saturated carbocycles. The molecule has 1 aliphatic carbocycles. The highest BCUT2D eigenvalue weighted by atomic mass is 32.2. The topological polar surface area (TPSA) is 46.9 Å². The van der Waals surface area contributed by atoms with Crippen molar-refractivity contribution >= 4 is 17.7 Å². The molecule has 0 atom stereocenters. The van der Waals surface area contributed by atoms with Gasteiger partial charge < -0.3 is 5.32 Å². The summed E-state index contributed by atoms with van der Waals surface area (Å²) in [4.78, 5) is 13.5. The molecule has 25 heavy (non-hydrogen) atoms. The fourth-order valence-electron chi connectivity index (χ4n) is 3.39. The fourth-order valence-corrected chi connectivity index (χ4v) is 4.23. The van der Waals surface area contributed by atoms with Gasteiger partial charge in [-0.1, -0.05) is 26.0 Å². The van der Waals surface area contributed by atoms with E-state index < -0.39 is 0 Å². The number of hydrogen-bond acceptors (Lipinski definition) is 3. The van der Waals surface area contributed by atoms with Crippen molar-refractivity contribution in [1.29, 1.82) is 0 Å². The molecule has 5 heteroatoms. The lowest BCUT2D eigenvalue weighted by atomic mass is 9.96. The molecule has 0 spiro atoms. The van der Waals surface area contributed by atoms with Gasteiger partial charge in [-0.05, 0) is 48.9 Å². The third kappa shape index (κ3) is 4.66. The molecule has 134 valence electrons. The van der Waals surface area contributed by atoms with Gasteiger partial charge in [0.2, 0.25) is 5.91 Å². The largest absolute Gasteiger partial charge is 0.350 e. The lowest BCUT2D eigenvalue weighted by Gasteiger charge is -2.12. The van der Waals surface area contributed by atoms with Gasteiger partial charge in [0.05, 0.1) is 18.7 Å². The molecule has 1 N–H and O–H groups in total. The minimum atomic E-state index is 0.0551. The number of aromatic nitrogens is 2. The van der Waals surface area contributed by atoms with Gasteiger partial charge in [-0.2, -0.15) is 5.10 Å². The van der Waals surface area contributed by atoms with Crippen LogP contribution < -0.4 is 5.32 Å². The second kappa shape index (κ2) is 8.09. The van der Waals surface area contributed by atoms with Crippen LogP contribution in [0.3, 0.4) is 0 Å². The van der Waals surface area contributed by atoms with Gasteiger partial charge in [-0.3, -0.25) is 9.48 Å². The number of amides is 1. The van der Waals surface area contributed by atoms with Crippen molar-refractivity contribution < 1.29 is 4.79 Å². The number of fused-ring (bicyclic) bond motifs is 1. The van der Waals surface area contributed by atoms with E-state index in [1.54, 1.807) is 0 Å². The zero-order valence-corrected chi connectivity index (χ0v) is 16.2. The van der Waals surface area contributed by atoms with Crippen molar-refractivity contribution in [3.05, 3.63) is 46.8 Å². The number of carbonyl (C=O) groups excluding carboxylic acids is 1. The van der Waals surface area contributed by atoms with Crippen molar-refractivity contribution in [2.75, 3.05) is 0 Å². The van der Waals surface area contributed by atoms with Crippen LogP contribution in [-0.4, -0.2) is 20.9 Å². The monoisotopic (exact) mass is 357 g/mol. The van der Waals surface area contributed by atoms with Crippen LogP contribution in [0.5, 0.6) is 0 Å². The van der Waals surface area contributed by atoms with Crippen LogP contribution >= 0.6 is 11.8 Å². The number of aryl methyl sites for hydroxylation is 1. The second-order valence-corrected chi connectivity index (χ2v) is 8.62. The molecule has 0 unspecified atom stereocenters. The summed E-state index contributed by atoms with van der Waals surface area (Å²) in [7, 11) is 2.01. The van der Waals surface area contributed by atoms with E-state index in [1.807, 2.05) is 35.6 Å². The van der Waals surface area contributed by atoms with Crippen LogP contribution in [-0.2, 0) is 37.6 Å². The van der Waals surface area contributed by atoms with Gasteiger partial charge in [0.25, 0.3) is 0 Å². The highest BCUT2D eigenvalue weighted by Crippen LogP contribution is 2.24. The highest BCUT2D eigenvalue weighted by Gasteiger charge is 2.19. The average molecular weight is 358 g/mol. The molecule has 1 aromatic carbocycles. The van der Waals surface area contributed by atoms with Gasteiger partial charge in [-0.25, -0.2) is 0 Å². The highest BCUT2D eigenvalue weighted by molar-refractivity contribution is 7.99. The first-order valence-electron chi connectivity index (χ1n) is 9.09. The molecule has 1 heterocycles. The van der Waals surface area contributed by atoms with E-state index >= 15 is 0 Å². The standard InChI is InChI=1S/C20H27N3OS/c1-14(2)25-16-10-8-15(9-11-16)12-20(24)21-13-18-17-6-4-5-7-19(17)23(3)22-18/h8-11,14H,4-7,12-13H2,1-3H3,(H,21,24). The molecule has 0 fully saturated rings. The van der Waals surface area contributed by atoms with E-state index in [4.69, 9.17) is 0 Å². The van der Waals surface area contributed by atoms with Crippen molar-refractivity contribution in [3.8, 4) is 0 Å². The van der Waals surface area contributed by atoms with E-state index in [0.29, 0.717) is 18.2 Å². The van der Waals surface area contributed by atoms with Gasteiger partial charge in [0, 0.05) is 22.9 Å². The summed E-state index contributed by atoms with van der Waals surface area (Å²) in [5.74, 6) is 0.0551. The van der Waals surface area contributed by atoms with E-state index in [0.717, 1.165) is 24.1 Å². The predicted octanol–water partition coefficient (Wildman–Crippen LogP) is 3.66. The Balaban J connectivity index is 1.55. The van der Waals surface area contributed by atoms with Crippen molar-refractivity contribution in [1.82, 2.24) is 15.1 Å². The molecular formula is C20H27N3OS. The zero-order chi connectivity index (χ0) is 17.8. The lowest BCUT2D eigenvalue weighted by molar-refractivity contribution is -0.120. The maximum atomic E-state index is 12.3. The number of carbonyl (C=O) groups is 1.